The molecule has 0 amide bonds. The Labute approximate surface area is 111 Å². The number of H-pyrrole nitrogens is 1. The van der Waals surface area contributed by atoms with Crippen LogP contribution < -0.4 is 5.73 Å². The lowest BCUT2D eigenvalue weighted by Gasteiger charge is -2.12. The highest BCUT2D eigenvalue weighted by Crippen LogP contribution is 2.21. The number of fused-ring (bicyclic) bond motifs is 1. The first-order valence-electron chi connectivity index (χ1n) is 6.42. The molecule has 3 N–H and O–H groups in total. The summed E-state index contributed by atoms with van der Waals surface area (Å²) in [5.41, 5.74) is 8.55. The summed E-state index contributed by atoms with van der Waals surface area (Å²) in [6.07, 6.45) is 2.71. The van der Waals surface area contributed by atoms with Crippen LogP contribution in [0, 0.1) is 0 Å². The largest absolute Gasteiger partial charge is 0.399 e. The van der Waals surface area contributed by atoms with Crippen molar-refractivity contribution in [3.8, 4) is 0 Å². The van der Waals surface area contributed by atoms with E-state index in [-0.39, 0.29) is 0 Å². The summed E-state index contributed by atoms with van der Waals surface area (Å²) in [5, 5.41) is 0.995. The normalized spacial score (nSPS) is 16.7. The molecule has 0 radical (unpaired) electrons. The lowest BCUT2D eigenvalue weighted by molar-refractivity contribution is 0.362. The van der Waals surface area contributed by atoms with Crippen molar-refractivity contribution in [2.75, 3.05) is 31.1 Å². The molecule has 18 heavy (non-hydrogen) atoms. The van der Waals surface area contributed by atoms with Crippen LogP contribution in [0.1, 0.15) is 12.8 Å². The molecule has 1 fully saturated rings. The van der Waals surface area contributed by atoms with Crippen LogP contribution in [-0.4, -0.2) is 40.3 Å². The Morgan fingerprint density at radius 1 is 1.33 bits per heavy atom. The maximum Gasteiger partial charge on any atom is 0.166 e. The summed E-state index contributed by atoms with van der Waals surface area (Å²) < 4.78 is 0. The number of aromatic amines is 1. The van der Waals surface area contributed by atoms with Gasteiger partial charge in [-0.25, -0.2) is 4.98 Å². The number of rotatable bonds is 4. The van der Waals surface area contributed by atoms with E-state index in [0.29, 0.717) is 0 Å². The van der Waals surface area contributed by atoms with Gasteiger partial charge in [0.1, 0.15) is 0 Å². The zero-order valence-electron chi connectivity index (χ0n) is 10.4. The van der Waals surface area contributed by atoms with Crippen LogP contribution >= 0.6 is 11.8 Å². The predicted molar refractivity (Wildman–Crippen MR) is 76.9 cm³/mol. The standard InChI is InChI=1S/C13H18N4S/c14-10-3-4-11-12(9-10)16-13(15-11)18-8-7-17-5-1-2-6-17/h3-4,9H,1-2,5-8,14H2,(H,15,16). The highest BCUT2D eigenvalue weighted by Gasteiger charge is 2.11. The molecular formula is C13H18N4S. The van der Waals surface area contributed by atoms with E-state index in [9.17, 15) is 0 Å². The molecule has 0 aliphatic carbocycles. The summed E-state index contributed by atoms with van der Waals surface area (Å²) in [7, 11) is 0. The molecule has 4 nitrogen and oxygen atoms in total. The van der Waals surface area contributed by atoms with Crippen LogP contribution in [0.15, 0.2) is 23.4 Å². The van der Waals surface area contributed by atoms with E-state index in [1.54, 1.807) is 11.8 Å². The number of nitrogen functional groups attached to an aromatic ring is 1. The van der Waals surface area contributed by atoms with Crippen molar-refractivity contribution in [1.82, 2.24) is 14.9 Å². The number of nitrogens with two attached hydrogens (primary N) is 1. The van der Waals surface area contributed by atoms with Crippen LogP contribution in [0.4, 0.5) is 5.69 Å². The van der Waals surface area contributed by atoms with Crippen molar-refractivity contribution >= 4 is 28.5 Å². The molecule has 1 aliphatic heterocycles. The zero-order chi connectivity index (χ0) is 12.4. The van der Waals surface area contributed by atoms with E-state index in [1.165, 1.54) is 25.9 Å². The Balaban J connectivity index is 1.60. The van der Waals surface area contributed by atoms with Gasteiger partial charge in [0.2, 0.25) is 0 Å². The first-order valence-corrected chi connectivity index (χ1v) is 7.40. The highest BCUT2D eigenvalue weighted by molar-refractivity contribution is 7.99. The predicted octanol–water partition coefficient (Wildman–Crippen LogP) is 2.33. The van der Waals surface area contributed by atoms with Gasteiger partial charge >= 0.3 is 0 Å². The van der Waals surface area contributed by atoms with Crippen LogP contribution in [0.5, 0.6) is 0 Å². The second kappa shape index (κ2) is 5.20. The number of thioether (sulfide) groups is 1. The molecule has 0 spiro atoms. The number of aromatic nitrogens is 2. The van der Waals surface area contributed by atoms with Crippen LogP contribution in [0.2, 0.25) is 0 Å². The molecule has 96 valence electrons. The molecule has 3 rings (SSSR count). The third-order valence-electron chi connectivity index (χ3n) is 3.33. The smallest absolute Gasteiger partial charge is 0.166 e. The summed E-state index contributed by atoms with van der Waals surface area (Å²) in [6.45, 7) is 3.68. The SMILES string of the molecule is Nc1ccc2nc(SCCN3CCCC3)[nH]c2c1. The summed E-state index contributed by atoms with van der Waals surface area (Å²) in [5.74, 6) is 1.09. The van der Waals surface area contributed by atoms with Crippen molar-refractivity contribution in [3.05, 3.63) is 18.2 Å². The topological polar surface area (TPSA) is 57.9 Å². The molecule has 0 saturated carbocycles. The maximum atomic E-state index is 5.75. The zero-order valence-corrected chi connectivity index (χ0v) is 11.2. The monoisotopic (exact) mass is 262 g/mol. The second-order valence-corrected chi connectivity index (χ2v) is 5.80. The van der Waals surface area contributed by atoms with Gasteiger partial charge in [-0.15, -0.1) is 0 Å². The quantitative estimate of drug-likeness (QED) is 0.656. The third kappa shape index (κ3) is 2.62. The highest BCUT2D eigenvalue weighted by atomic mass is 32.2. The van der Waals surface area contributed by atoms with Gasteiger partial charge in [0, 0.05) is 18.0 Å². The van der Waals surface area contributed by atoms with Gasteiger partial charge in [-0.1, -0.05) is 11.8 Å². The van der Waals surface area contributed by atoms with E-state index in [2.05, 4.69) is 14.9 Å². The first kappa shape index (κ1) is 11.9. The first-order chi connectivity index (χ1) is 8.81. The minimum Gasteiger partial charge on any atom is -0.399 e. The van der Waals surface area contributed by atoms with Gasteiger partial charge < -0.3 is 15.6 Å². The molecule has 0 unspecified atom stereocenters. The number of hydrogen-bond donors (Lipinski definition) is 2. The molecule has 1 aromatic heterocycles. The van der Waals surface area contributed by atoms with E-state index < -0.39 is 0 Å². The number of anilines is 1. The molecule has 1 aromatic carbocycles. The van der Waals surface area contributed by atoms with Gasteiger partial charge in [0.25, 0.3) is 0 Å². The summed E-state index contributed by atoms with van der Waals surface area (Å²) in [6, 6.07) is 5.79. The van der Waals surface area contributed by atoms with Crippen molar-refractivity contribution in [2.24, 2.45) is 0 Å². The molecule has 5 heteroatoms. The summed E-state index contributed by atoms with van der Waals surface area (Å²) >= 11 is 1.79. The van der Waals surface area contributed by atoms with E-state index >= 15 is 0 Å². The molecule has 2 aromatic rings. The minimum atomic E-state index is 0.778. The third-order valence-corrected chi connectivity index (χ3v) is 4.18. The Hall–Kier alpha value is -1.20. The fraction of sp³-hybridized carbons (Fsp3) is 0.462. The number of benzene rings is 1. The van der Waals surface area contributed by atoms with Crippen molar-refractivity contribution < 1.29 is 0 Å². The minimum absolute atomic E-state index is 0.778. The Kier molecular flexibility index (Phi) is 3.43. The van der Waals surface area contributed by atoms with Crippen LogP contribution in [0.3, 0.4) is 0 Å². The fourth-order valence-electron chi connectivity index (χ4n) is 2.35. The maximum absolute atomic E-state index is 5.75. The van der Waals surface area contributed by atoms with Gasteiger partial charge in [-0.3, -0.25) is 0 Å². The van der Waals surface area contributed by atoms with Gasteiger partial charge in [0.15, 0.2) is 5.16 Å². The Bertz CT molecular complexity index is 531. The molecule has 2 heterocycles. The number of nitrogens with one attached hydrogen (secondary N) is 1. The van der Waals surface area contributed by atoms with E-state index in [4.69, 9.17) is 5.73 Å². The number of imidazole rings is 1. The average molecular weight is 262 g/mol. The van der Waals surface area contributed by atoms with Crippen molar-refractivity contribution in [1.29, 1.82) is 0 Å². The summed E-state index contributed by atoms with van der Waals surface area (Å²) in [4.78, 5) is 10.4. The molecule has 0 atom stereocenters. The Morgan fingerprint density at radius 2 is 2.17 bits per heavy atom. The lowest BCUT2D eigenvalue weighted by Crippen LogP contribution is -2.21. The van der Waals surface area contributed by atoms with Crippen molar-refractivity contribution in [3.63, 3.8) is 0 Å². The second-order valence-electron chi connectivity index (χ2n) is 4.72. The van der Waals surface area contributed by atoms with Crippen molar-refractivity contribution in [2.45, 2.75) is 18.0 Å². The molecule has 1 aliphatic rings. The number of hydrogen-bond acceptors (Lipinski definition) is 4. The molecule has 0 bridgehead atoms. The number of nitrogens with zero attached hydrogens (tertiary/aromatic N) is 2. The van der Waals surface area contributed by atoms with E-state index in [0.717, 1.165) is 34.2 Å². The Morgan fingerprint density at radius 3 is 3.00 bits per heavy atom. The van der Waals surface area contributed by atoms with Crippen LogP contribution in [0.25, 0.3) is 11.0 Å². The van der Waals surface area contributed by atoms with Gasteiger partial charge in [0.05, 0.1) is 11.0 Å². The fourth-order valence-corrected chi connectivity index (χ4v) is 3.24. The van der Waals surface area contributed by atoms with Gasteiger partial charge in [-0.2, -0.15) is 0 Å². The molecular weight excluding hydrogens is 244 g/mol. The molecule has 1 saturated heterocycles. The van der Waals surface area contributed by atoms with Gasteiger partial charge in [-0.05, 0) is 44.1 Å². The van der Waals surface area contributed by atoms with E-state index in [1.807, 2.05) is 18.2 Å². The average Bonchev–Trinajstić information content (AvgIpc) is 2.97. The number of likely N-dealkylation sites (tertiary alicyclic amines) is 1. The lowest BCUT2D eigenvalue weighted by atomic mass is 10.3. The van der Waals surface area contributed by atoms with Crippen LogP contribution in [-0.2, 0) is 0 Å².